The highest BCUT2D eigenvalue weighted by Crippen LogP contribution is 2.33. The van der Waals surface area contributed by atoms with Gasteiger partial charge in [0.05, 0.1) is 19.6 Å². The summed E-state index contributed by atoms with van der Waals surface area (Å²) < 4.78 is 11.5. The summed E-state index contributed by atoms with van der Waals surface area (Å²) in [5.41, 5.74) is 1.06. The number of rotatable bonds is 3. The molecule has 0 aliphatic rings. The van der Waals surface area contributed by atoms with Gasteiger partial charge in [-0.3, -0.25) is 14.3 Å². The maximum atomic E-state index is 12.3. The lowest BCUT2D eigenvalue weighted by Crippen LogP contribution is -2.32. The lowest BCUT2D eigenvalue weighted by Gasteiger charge is -2.09. The molecular formula is C15H15N3O4. The van der Waals surface area contributed by atoms with Gasteiger partial charge in [-0.25, -0.2) is 4.79 Å². The number of ether oxygens (including phenoxy) is 2. The van der Waals surface area contributed by atoms with Crippen molar-refractivity contribution in [3.05, 3.63) is 45.2 Å². The van der Waals surface area contributed by atoms with Crippen LogP contribution in [0.2, 0.25) is 0 Å². The van der Waals surface area contributed by atoms with Crippen molar-refractivity contribution in [2.75, 3.05) is 14.2 Å². The number of nitrogens with zero attached hydrogens (tertiary/aromatic N) is 1. The normalized spacial score (nSPS) is 10.9. The first-order chi connectivity index (χ1) is 10.6. The first-order valence-corrected chi connectivity index (χ1v) is 6.59. The van der Waals surface area contributed by atoms with E-state index in [1.165, 1.54) is 7.05 Å². The van der Waals surface area contributed by atoms with Crippen molar-refractivity contribution in [1.29, 1.82) is 0 Å². The summed E-state index contributed by atoms with van der Waals surface area (Å²) in [6, 6.07) is 5.38. The fraction of sp³-hybridized carbons (Fsp3) is 0.200. The SMILES string of the molecule is COc1ccc(-c2c[nH]c3[nH]c(=O)n(C)c(=O)c23)cc1OC. The molecule has 22 heavy (non-hydrogen) atoms. The number of hydrogen-bond donors (Lipinski definition) is 2. The standard InChI is InChI=1S/C15H15N3O4/c1-18-14(19)12-9(7-16-13(12)17-15(18)20)8-4-5-10(21-2)11(6-8)22-3/h4-7,16H,1-3H3,(H,17,20). The molecule has 0 saturated heterocycles. The van der Waals surface area contributed by atoms with Crippen molar-refractivity contribution >= 4 is 11.0 Å². The molecule has 0 radical (unpaired) electrons. The second-order valence-electron chi connectivity index (χ2n) is 4.82. The second-order valence-corrected chi connectivity index (χ2v) is 4.82. The molecule has 0 saturated carbocycles. The average Bonchev–Trinajstić information content (AvgIpc) is 2.95. The number of aromatic nitrogens is 3. The van der Waals surface area contributed by atoms with E-state index in [-0.39, 0.29) is 5.56 Å². The molecule has 2 N–H and O–H groups in total. The molecule has 0 bridgehead atoms. The number of H-pyrrole nitrogens is 2. The Morgan fingerprint density at radius 1 is 1.09 bits per heavy atom. The summed E-state index contributed by atoms with van der Waals surface area (Å²) in [4.78, 5) is 29.5. The third-order valence-electron chi connectivity index (χ3n) is 3.63. The minimum atomic E-state index is -0.460. The van der Waals surface area contributed by atoms with Gasteiger partial charge in [0.2, 0.25) is 0 Å². The first-order valence-electron chi connectivity index (χ1n) is 6.59. The zero-order valence-corrected chi connectivity index (χ0v) is 12.4. The van der Waals surface area contributed by atoms with Gasteiger partial charge in [-0.1, -0.05) is 6.07 Å². The van der Waals surface area contributed by atoms with E-state index in [1.54, 1.807) is 32.5 Å². The van der Waals surface area contributed by atoms with Crippen LogP contribution in [0.25, 0.3) is 22.2 Å². The van der Waals surface area contributed by atoms with Crippen LogP contribution in [0.15, 0.2) is 34.0 Å². The number of aromatic amines is 2. The van der Waals surface area contributed by atoms with Crippen LogP contribution in [0.1, 0.15) is 0 Å². The molecule has 0 spiro atoms. The van der Waals surface area contributed by atoms with Gasteiger partial charge in [0, 0.05) is 18.8 Å². The van der Waals surface area contributed by atoms with E-state index in [4.69, 9.17) is 9.47 Å². The molecule has 2 heterocycles. The topological polar surface area (TPSA) is 89.1 Å². The smallest absolute Gasteiger partial charge is 0.329 e. The van der Waals surface area contributed by atoms with Gasteiger partial charge in [0.25, 0.3) is 5.56 Å². The maximum absolute atomic E-state index is 12.3. The van der Waals surface area contributed by atoms with Crippen LogP contribution >= 0.6 is 0 Å². The molecule has 7 nitrogen and oxygen atoms in total. The largest absolute Gasteiger partial charge is 0.493 e. The van der Waals surface area contributed by atoms with Crippen LogP contribution in [0.4, 0.5) is 0 Å². The van der Waals surface area contributed by atoms with Gasteiger partial charge in [-0.2, -0.15) is 0 Å². The van der Waals surface area contributed by atoms with Crippen molar-refractivity contribution in [2.24, 2.45) is 7.05 Å². The molecule has 1 aromatic carbocycles. The predicted molar refractivity (Wildman–Crippen MR) is 82.7 cm³/mol. The average molecular weight is 301 g/mol. The van der Waals surface area contributed by atoms with Crippen LogP contribution in [-0.4, -0.2) is 28.8 Å². The molecule has 0 unspecified atom stereocenters. The van der Waals surface area contributed by atoms with Crippen molar-refractivity contribution in [3.63, 3.8) is 0 Å². The zero-order valence-electron chi connectivity index (χ0n) is 12.4. The van der Waals surface area contributed by atoms with E-state index in [0.717, 1.165) is 10.1 Å². The number of hydrogen-bond acceptors (Lipinski definition) is 4. The minimum absolute atomic E-state index is 0.357. The molecule has 0 aliphatic heterocycles. The van der Waals surface area contributed by atoms with Gasteiger partial charge in [0.15, 0.2) is 11.5 Å². The Labute approximate surface area is 125 Å². The zero-order chi connectivity index (χ0) is 15.9. The third kappa shape index (κ3) is 1.98. The quantitative estimate of drug-likeness (QED) is 0.761. The van der Waals surface area contributed by atoms with Crippen LogP contribution in [0.5, 0.6) is 11.5 Å². The Morgan fingerprint density at radius 2 is 1.82 bits per heavy atom. The fourth-order valence-corrected chi connectivity index (χ4v) is 2.43. The number of methoxy groups -OCH3 is 2. The molecule has 0 amide bonds. The molecule has 3 rings (SSSR count). The lowest BCUT2D eigenvalue weighted by atomic mass is 10.1. The number of nitrogens with one attached hydrogen (secondary N) is 2. The molecule has 0 aliphatic carbocycles. The molecule has 0 atom stereocenters. The Hall–Kier alpha value is -2.96. The predicted octanol–water partition coefficient (Wildman–Crippen LogP) is 1.24. The number of fused-ring (bicyclic) bond motifs is 1. The monoisotopic (exact) mass is 301 g/mol. The molecule has 3 aromatic rings. The van der Waals surface area contributed by atoms with E-state index < -0.39 is 5.69 Å². The van der Waals surface area contributed by atoms with Crippen LogP contribution in [0.3, 0.4) is 0 Å². The maximum Gasteiger partial charge on any atom is 0.329 e. The molecule has 0 fully saturated rings. The van der Waals surface area contributed by atoms with Crippen LogP contribution < -0.4 is 20.7 Å². The second kappa shape index (κ2) is 5.10. The summed E-state index contributed by atoms with van der Waals surface area (Å²) in [6.45, 7) is 0. The van der Waals surface area contributed by atoms with Gasteiger partial charge >= 0.3 is 5.69 Å². The highest BCUT2D eigenvalue weighted by Gasteiger charge is 2.14. The summed E-state index contributed by atoms with van der Waals surface area (Å²) >= 11 is 0. The summed E-state index contributed by atoms with van der Waals surface area (Å²) in [7, 11) is 4.54. The molecule has 7 heteroatoms. The van der Waals surface area contributed by atoms with Gasteiger partial charge in [0.1, 0.15) is 5.65 Å². The highest BCUT2D eigenvalue weighted by atomic mass is 16.5. The fourth-order valence-electron chi connectivity index (χ4n) is 2.43. The highest BCUT2D eigenvalue weighted by molar-refractivity contribution is 5.93. The van der Waals surface area contributed by atoms with Gasteiger partial charge in [-0.05, 0) is 17.7 Å². The van der Waals surface area contributed by atoms with E-state index >= 15 is 0 Å². The van der Waals surface area contributed by atoms with Crippen LogP contribution in [-0.2, 0) is 7.05 Å². The molecule has 2 aromatic heterocycles. The minimum Gasteiger partial charge on any atom is -0.493 e. The van der Waals surface area contributed by atoms with Crippen molar-refractivity contribution in [1.82, 2.24) is 14.5 Å². The lowest BCUT2D eigenvalue weighted by molar-refractivity contribution is 0.355. The van der Waals surface area contributed by atoms with Crippen molar-refractivity contribution in [3.8, 4) is 22.6 Å². The summed E-state index contributed by atoms with van der Waals surface area (Å²) in [5, 5.41) is 0.425. The van der Waals surface area contributed by atoms with Crippen molar-refractivity contribution in [2.45, 2.75) is 0 Å². The van der Waals surface area contributed by atoms with Crippen LogP contribution in [0, 0.1) is 0 Å². The van der Waals surface area contributed by atoms with Gasteiger partial charge < -0.3 is 14.5 Å². The Balaban J connectivity index is 2.30. The van der Waals surface area contributed by atoms with Gasteiger partial charge in [-0.15, -0.1) is 0 Å². The van der Waals surface area contributed by atoms with E-state index in [0.29, 0.717) is 28.1 Å². The number of benzene rings is 1. The summed E-state index contributed by atoms with van der Waals surface area (Å²) in [5.74, 6) is 1.17. The first kappa shape index (κ1) is 14.0. The van der Waals surface area contributed by atoms with Crippen molar-refractivity contribution < 1.29 is 9.47 Å². The Bertz CT molecular complexity index is 965. The Kier molecular flexibility index (Phi) is 3.25. The van der Waals surface area contributed by atoms with E-state index in [9.17, 15) is 9.59 Å². The third-order valence-corrected chi connectivity index (χ3v) is 3.63. The van der Waals surface area contributed by atoms with E-state index in [2.05, 4.69) is 9.97 Å². The van der Waals surface area contributed by atoms with E-state index in [1.807, 2.05) is 6.07 Å². The molecule has 114 valence electrons. The summed E-state index contributed by atoms with van der Waals surface area (Å²) in [6.07, 6.45) is 1.68. The molecular weight excluding hydrogens is 286 g/mol. The Morgan fingerprint density at radius 3 is 2.50 bits per heavy atom.